The summed E-state index contributed by atoms with van der Waals surface area (Å²) in [5.41, 5.74) is 3.52. The largest absolute Gasteiger partial charge is 0.297 e. The Bertz CT molecular complexity index is 984. The molecule has 0 aliphatic carbocycles. The van der Waals surface area contributed by atoms with Crippen LogP contribution in [-0.2, 0) is 0 Å². The summed E-state index contributed by atoms with van der Waals surface area (Å²) in [6.07, 6.45) is 4.31. The molecular weight excluding hydrogens is 423 g/mol. The Morgan fingerprint density at radius 3 is 1.87 bits per heavy atom. The number of fused-ring (bicyclic) bond motifs is 3. The molecular formula is C27H26Cl2N2. The number of aliphatic imine (C=N–C) groups is 1. The molecule has 2 atom stereocenters. The molecule has 3 aromatic rings. The molecule has 3 saturated heterocycles. The average Bonchev–Trinajstić information content (AvgIpc) is 2.82. The van der Waals surface area contributed by atoms with E-state index in [4.69, 9.17) is 28.2 Å². The van der Waals surface area contributed by atoms with Gasteiger partial charge in [-0.2, -0.15) is 0 Å². The third-order valence-corrected chi connectivity index (χ3v) is 7.52. The number of piperidine rings is 3. The molecule has 3 aliphatic rings. The van der Waals surface area contributed by atoms with Crippen LogP contribution in [0.5, 0.6) is 0 Å². The molecule has 0 amide bonds. The van der Waals surface area contributed by atoms with Crippen molar-refractivity contribution < 1.29 is 0 Å². The fraction of sp³-hybridized carbons (Fsp3) is 0.296. The van der Waals surface area contributed by atoms with Gasteiger partial charge in [-0.25, -0.2) is 0 Å². The maximum atomic E-state index is 6.43. The highest BCUT2D eigenvalue weighted by molar-refractivity contribution is 6.38. The minimum absolute atomic E-state index is 0.209. The zero-order valence-corrected chi connectivity index (χ0v) is 18.9. The summed E-state index contributed by atoms with van der Waals surface area (Å²) in [7, 11) is 0. The van der Waals surface area contributed by atoms with Crippen LogP contribution in [0.3, 0.4) is 0 Å². The fourth-order valence-corrected chi connectivity index (χ4v) is 5.87. The van der Waals surface area contributed by atoms with Crippen molar-refractivity contribution in [3.8, 4) is 0 Å². The topological polar surface area (TPSA) is 15.6 Å². The van der Waals surface area contributed by atoms with Gasteiger partial charge in [-0.3, -0.25) is 9.89 Å². The highest BCUT2D eigenvalue weighted by Crippen LogP contribution is 2.43. The highest BCUT2D eigenvalue weighted by Gasteiger charge is 2.46. The second-order valence-corrected chi connectivity index (χ2v) is 9.38. The molecule has 4 heteroatoms. The van der Waals surface area contributed by atoms with Crippen LogP contribution in [0, 0.1) is 5.92 Å². The Morgan fingerprint density at radius 1 is 0.774 bits per heavy atom. The van der Waals surface area contributed by atoms with Crippen LogP contribution in [0.4, 0.5) is 0 Å². The van der Waals surface area contributed by atoms with E-state index in [0.717, 1.165) is 18.7 Å². The lowest BCUT2D eigenvalue weighted by atomic mass is 9.71. The molecule has 0 radical (unpaired) electrons. The normalized spacial score (nSPS) is 25.4. The Kier molecular flexibility index (Phi) is 6.13. The first-order chi connectivity index (χ1) is 15.2. The van der Waals surface area contributed by atoms with E-state index < -0.39 is 0 Å². The SMILES string of the molecule is Clc1cccc(Cl)c1C=N[C@@H]1C2CCN(CC2)[C@H]1C(c1ccccc1)c1ccccc1. The van der Waals surface area contributed by atoms with E-state index in [9.17, 15) is 0 Å². The van der Waals surface area contributed by atoms with E-state index >= 15 is 0 Å². The van der Waals surface area contributed by atoms with Gasteiger partial charge in [0.1, 0.15) is 0 Å². The van der Waals surface area contributed by atoms with Crippen molar-refractivity contribution in [2.24, 2.45) is 10.9 Å². The van der Waals surface area contributed by atoms with Crippen LogP contribution >= 0.6 is 23.2 Å². The van der Waals surface area contributed by atoms with Gasteiger partial charge in [0.15, 0.2) is 0 Å². The van der Waals surface area contributed by atoms with Crippen molar-refractivity contribution in [2.45, 2.75) is 30.8 Å². The van der Waals surface area contributed by atoms with Crippen molar-refractivity contribution in [2.75, 3.05) is 13.1 Å². The number of halogens is 2. The van der Waals surface area contributed by atoms with E-state index in [1.807, 2.05) is 24.4 Å². The maximum Gasteiger partial charge on any atom is 0.0693 e. The Balaban J connectivity index is 1.58. The second-order valence-electron chi connectivity index (χ2n) is 8.57. The van der Waals surface area contributed by atoms with Crippen molar-refractivity contribution in [3.05, 3.63) is 106 Å². The standard InChI is InChI=1S/C27H26Cl2N2/c28-23-12-7-13-24(29)22(23)18-30-26-21-14-16-31(17-15-21)27(26)25(19-8-3-1-4-9-19)20-10-5-2-6-11-20/h1-13,18,21,25-27H,14-17H2/t26-,27+/m1/s1. The zero-order chi connectivity index (χ0) is 21.2. The third kappa shape index (κ3) is 4.17. The van der Waals surface area contributed by atoms with Gasteiger partial charge in [-0.1, -0.05) is 89.9 Å². The summed E-state index contributed by atoms with van der Waals surface area (Å²) < 4.78 is 0. The molecule has 3 heterocycles. The Morgan fingerprint density at radius 2 is 1.32 bits per heavy atom. The van der Waals surface area contributed by atoms with Gasteiger partial charge in [0.2, 0.25) is 0 Å². The summed E-state index contributed by atoms with van der Waals surface area (Å²) in [6, 6.07) is 27.9. The first-order valence-electron chi connectivity index (χ1n) is 11.0. The molecule has 0 spiro atoms. The van der Waals surface area contributed by atoms with Crippen LogP contribution < -0.4 is 0 Å². The van der Waals surface area contributed by atoms with Gasteiger partial charge in [-0.05, 0) is 55.1 Å². The summed E-state index contributed by atoms with van der Waals surface area (Å²) in [6.45, 7) is 2.29. The van der Waals surface area contributed by atoms with E-state index in [0.29, 0.717) is 22.0 Å². The monoisotopic (exact) mass is 448 g/mol. The Labute approximate surface area is 194 Å². The lowest BCUT2D eigenvalue weighted by molar-refractivity contribution is 0.0215. The summed E-state index contributed by atoms with van der Waals surface area (Å²) in [5, 5.41) is 1.30. The molecule has 31 heavy (non-hydrogen) atoms. The number of nitrogens with zero attached hydrogens (tertiary/aromatic N) is 2. The molecule has 0 saturated carbocycles. The quantitative estimate of drug-likeness (QED) is 0.396. The third-order valence-electron chi connectivity index (χ3n) is 6.86. The first kappa shape index (κ1) is 20.8. The molecule has 3 aromatic carbocycles. The molecule has 2 bridgehead atoms. The van der Waals surface area contributed by atoms with E-state index in [1.165, 1.54) is 24.0 Å². The summed E-state index contributed by atoms with van der Waals surface area (Å²) in [5.74, 6) is 0.858. The van der Waals surface area contributed by atoms with Gasteiger partial charge < -0.3 is 0 Å². The van der Waals surface area contributed by atoms with Crippen LogP contribution in [0.1, 0.15) is 35.4 Å². The van der Waals surface area contributed by atoms with Gasteiger partial charge >= 0.3 is 0 Å². The predicted molar refractivity (Wildman–Crippen MR) is 131 cm³/mol. The zero-order valence-electron chi connectivity index (χ0n) is 17.4. The second kappa shape index (κ2) is 9.16. The van der Waals surface area contributed by atoms with Crippen molar-refractivity contribution >= 4 is 29.4 Å². The smallest absolute Gasteiger partial charge is 0.0693 e. The van der Waals surface area contributed by atoms with Gasteiger partial charge in [-0.15, -0.1) is 0 Å². The molecule has 0 aromatic heterocycles. The summed E-state index contributed by atoms with van der Waals surface area (Å²) >= 11 is 12.9. The predicted octanol–water partition coefficient (Wildman–Crippen LogP) is 6.71. The van der Waals surface area contributed by atoms with Crippen LogP contribution in [0.25, 0.3) is 0 Å². The molecule has 2 nitrogen and oxygen atoms in total. The highest BCUT2D eigenvalue weighted by atomic mass is 35.5. The number of rotatable bonds is 5. The lowest BCUT2D eigenvalue weighted by Gasteiger charge is -2.52. The van der Waals surface area contributed by atoms with Gasteiger partial charge in [0.25, 0.3) is 0 Å². The first-order valence-corrected chi connectivity index (χ1v) is 11.8. The average molecular weight is 449 g/mol. The Hall–Kier alpha value is -2.13. The van der Waals surface area contributed by atoms with Crippen LogP contribution in [0.2, 0.25) is 10.0 Å². The molecule has 3 fully saturated rings. The number of hydrogen-bond donors (Lipinski definition) is 0. The maximum absolute atomic E-state index is 6.43. The van der Waals surface area contributed by atoms with Crippen molar-refractivity contribution in [1.29, 1.82) is 0 Å². The molecule has 6 rings (SSSR count). The molecule has 0 N–H and O–H groups in total. The van der Waals surface area contributed by atoms with Crippen LogP contribution in [-0.4, -0.2) is 36.3 Å². The van der Waals surface area contributed by atoms with Crippen molar-refractivity contribution in [3.63, 3.8) is 0 Å². The number of hydrogen-bond acceptors (Lipinski definition) is 2. The van der Waals surface area contributed by atoms with Crippen LogP contribution in [0.15, 0.2) is 83.9 Å². The fourth-order valence-electron chi connectivity index (χ4n) is 5.37. The van der Waals surface area contributed by atoms with Crippen molar-refractivity contribution in [1.82, 2.24) is 4.90 Å². The molecule has 3 aliphatic heterocycles. The van der Waals surface area contributed by atoms with E-state index in [1.54, 1.807) is 0 Å². The number of benzene rings is 3. The molecule has 0 unspecified atom stereocenters. The summed E-state index contributed by atoms with van der Waals surface area (Å²) in [4.78, 5) is 7.83. The lowest BCUT2D eigenvalue weighted by Crippen LogP contribution is -2.59. The van der Waals surface area contributed by atoms with Gasteiger partial charge in [0, 0.05) is 23.7 Å². The van der Waals surface area contributed by atoms with E-state index in [-0.39, 0.29) is 12.0 Å². The minimum Gasteiger partial charge on any atom is -0.297 e. The minimum atomic E-state index is 0.209. The molecule has 158 valence electrons. The van der Waals surface area contributed by atoms with E-state index in [2.05, 4.69) is 65.6 Å². The van der Waals surface area contributed by atoms with Gasteiger partial charge in [0.05, 0.1) is 16.1 Å².